The SMILES string of the molecule is COc1ccc(Oc2cc(C(=N)N3CCCC3)ccc2-c2cc(C(N)=O)on2)cc1. The van der Waals surface area contributed by atoms with Gasteiger partial charge in [-0.3, -0.25) is 10.2 Å². The zero-order chi connectivity index (χ0) is 21.1. The lowest BCUT2D eigenvalue weighted by Gasteiger charge is -2.19. The van der Waals surface area contributed by atoms with E-state index < -0.39 is 5.91 Å². The Labute approximate surface area is 173 Å². The molecule has 0 unspecified atom stereocenters. The van der Waals surface area contributed by atoms with Crippen molar-refractivity contribution in [3.05, 3.63) is 59.9 Å². The maximum absolute atomic E-state index is 11.4. The van der Waals surface area contributed by atoms with Crippen LogP contribution in [0.1, 0.15) is 29.0 Å². The second-order valence-electron chi connectivity index (χ2n) is 6.97. The third-order valence-corrected chi connectivity index (χ3v) is 4.99. The Balaban J connectivity index is 1.71. The Bertz CT molecular complexity index is 1070. The number of aromatic nitrogens is 1. The summed E-state index contributed by atoms with van der Waals surface area (Å²) in [7, 11) is 1.60. The molecule has 1 amide bonds. The predicted molar refractivity (Wildman–Crippen MR) is 111 cm³/mol. The summed E-state index contributed by atoms with van der Waals surface area (Å²) in [6.45, 7) is 1.75. The smallest absolute Gasteiger partial charge is 0.287 e. The van der Waals surface area contributed by atoms with Crippen molar-refractivity contribution in [3.8, 4) is 28.5 Å². The molecule has 0 radical (unpaired) electrons. The first-order valence-electron chi connectivity index (χ1n) is 9.62. The number of nitrogens with two attached hydrogens (primary N) is 1. The molecule has 1 aliphatic rings. The lowest BCUT2D eigenvalue weighted by Crippen LogP contribution is -2.27. The predicted octanol–water partition coefficient (Wildman–Crippen LogP) is 3.66. The molecule has 8 heteroatoms. The van der Waals surface area contributed by atoms with E-state index in [0.717, 1.165) is 37.2 Å². The first-order valence-corrected chi connectivity index (χ1v) is 9.62. The number of hydrogen-bond donors (Lipinski definition) is 2. The van der Waals surface area contributed by atoms with Crippen LogP contribution in [0.5, 0.6) is 17.2 Å². The molecule has 1 saturated heterocycles. The monoisotopic (exact) mass is 406 g/mol. The molecule has 3 N–H and O–H groups in total. The van der Waals surface area contributed by atoms with Crippen LogP contribution in [0, 0.1) is 5.41 Å². The molecule has 0 saturated carbocycles. The van der Waals surface area contributed by atoms with Crippen molar-refractivity contribution in [2.75, 3.05) is 20.2 Å². The Morgan fingerprint density at radius 3 is 2.43 bits per heavy atom. The number of amides is 1. The summed E-state index contributed by atoms with van der Waals surface area (Å²) >= 11 is 0. The van der Waals surface area contributed by atoms with Crippen LogP contribution in [0.15, 0.2) is 53.1 Å². The highest BCUT2D eigenvalue weighted by atomic mass is 16.5. The Morgan fingerprint density at radius 1 is 1.10 bits per heavy atom. The normalized spacial score (nSPS) is 13.3. The third-order valence-electron chi connectivity index (χ3n) is 4.99. The zero-order valence-electron chi connectivity index (χ0n) is 16.6. The molecule has 0 spiro atoms. The number of likely N-dealkylation sites (tertiary alicyclic amines) is 1. The number of methoxy groups -OCH3 is 1. The summed E-state index contributed by atoms with van der Waals surface area (Å²) in [5.41, 5.74) is 7.06. The summed E-state index contributed by atoms with van der Waals surface area (Å²) in [5, 5.41) is 12.5. The number of rotatable bonds is 6. The van der Waals surface area contributed by atoms with Crippen molar-refractivity contribution in [2.45, 2.75) is 12.8 Å². The fourth-order valence-corrected chi connectivity index (χ4v) is 3.38. The van der Waals surface area contributed by atoms with Gasteiger partial charge in [0.15, 0.2) is 0 Å². The molecule has 1 aliphatic heterocycles. The van der Waals surface area contributed by atoms with E-state index in [2.05, 4.69) is 5.16 Å². The highest BCUT2D eigenvalue weighted by Crippen LogP contribution is 2.35. The van der Waals surface area contributed by atoms with E-state index in [-0.39, 0.29) is 5.76 Å². The molecule has 8 nitrogen and oxygen atoms in total. The molecule has 0 aliphatic carbocycles. The van der Waals surface area contributed by atoms with Crippen LogP contribution in [0.2, 0.25) is 0 Å². The molecule has 4 rings (SSSR count). The van der Waals surface area contributed by atoms with Crippen LogP contribution in [0.25, 0.3) is 11.3 Å². The molecule has 0 bridgehead atoms. The van der Waals surface area contributed by atoms with E-state index >= 15 is 0 Å². The van der Waals surface area contributed by atoms with Gasteiger partial charge in [-0.1, -0.05) is 11.2 Å². The largest absolute Gasteiger partial charge is 0.497 e. The van der Waals surface area contributed by atoms with E-state index in [9.17, 15) is 4.79 Å². The third kappa shape index (κ3) is 3.98. The number of nitrogens with one attached hydrogen (secondary N) is 1. The minimum absolute atomic E-state index is 0.0331. The summed E-state index contributed by atoms with van der Waals surface area (Å²) in [5.74, 6) is 1.53. The molecule has 1 fully saturated rings. The Kier molecular flexibility index (Phi) is 5.38. The van der Waals surface area contributed by atoms with Crippen molar-refractivity contribution in [3.63, 3.8) is 0 Å². The summed E-state index contributed by atoms with van der Waals surface area (Å²) in [6.07, 6.45) is 2.18. The maximum atomic E-state index is 11.4. The van der Waals surface area contributed by atoms with Crippen molar-refractivity contribution < 1.29 is 18.8 Å². The number of amidine groups is 1. The van der Waals surface area contributed by atoms with Crippen LogP contribution in [0.3, 0.4) is 0 Å². The van der Waals surface area contributed by atoms with Gasteiger partial charge in [-0.25, -0.2) is 0 Å². The second-order valence-corrected chi connectivity index (χ2v) is 6.97. The average molecular weight is 406 g/mol. The molecule has 0 atom stereocenters. The van der Waals surface area contributed by atoms with Crippen molar-refractivity contribution >= 4 is 11.7 Å². The van der Waals surface area contributed by atoms with Crippen LogP contribution in [-0.2, 0) is 0 Å². The van der Waals surface area contributed by atoms with Gasteiger partial charge in [0.2, 0.25) is 5.76 Å². The van der Waals surface area contributed by atoms with Crippen LogP contribution >= 0.6 is 0 Å². The fourth-order valence-electron chi connectivity index (χ4n) is 3.38. The molecule has 30 heavy (non-hydrogen) atoms. The van der Waals surface area contributed by atoms with Crippen molar-refractivity contribution in [2.24, 2.45) is 5.73 Å². The topological polar surface area (TPSA) is 115 Å². The number of primary amides is 1. The molecule has 154 valence electrons. The summed E-state index contributed by atoms with van der Waals surface area (Å²) in [6, 6.07) is 14.1. The van der Waals surface area contributed by atoms with Crippen molar-refractivity contribution in [1.29, 1.82) is 5.41 Å². The number of benzene rings is 2. The molecule has 2 heterocycles. The van der Waals surface area contributed by atoms with E-state index in [1.165, 1.54) is 6.07 Å². The van der Waals surface area contributed by atoms with E-state index in [1.54, 1.807) is 43.5 Å². The van der Waals surface area contributed by atoms with E-state index in [1.807, 2.05) is 11.0 Å². The van der Waals surface area contributed by atoms with Crippen molar-refractivity contribution in [1.82, 2.24) is 10.1 Å². The molecule has 2 aromatic carbocycles. The first kappa shape index (κ1) is 19.5. The Morgan fingerprint density at radius 2 is 1.80 bits per heavy atom. The van der Waals surface area contributed by atoms with Gasteiger partial charge < -0.3 is 24.6 Å². The first-order chi connectivity index (χ1) is 14.5. The molecular weight excluding hydrogens is 384 g/mol. The molecular formula is C22H22N4O4. The van der Waals surface area contributed by atoms with Gasteiger partial charge in [-0.05, 0) is 49.2 Å². The number of hydrogen-bond acceptors (Lipinski definition) is 6. The van der Waals surface area contributed by atoms with Crippen LogP contribution < -0.4 is 15.2 Å². The minimum atomic E-state index is -0.696. The van der Waals surface area contributed by atoms with Gasteiger partial charge in [0.05, 0.1) is 7.11 Å². The number of ether oxygens (including phenoxy) is 2. The Hall–Kier alpha value is -3.81. The lowest BCUT2D eigenvalue weighted by molar-refractivity contribution is 0.0965. The van der Waals surface area contributed by atoms with Gasteiger partial charge in [-0.2, -0.15) is 0 Å². The van der Waals surface area contributed by atoms with Gasteiger partial charge in [0.25, 0.3) is 5.91 Å². The van der Waals surface area contributed by atoms with Gasteiger partial charge >= 0.3 is 0 Å². The molecule has 3 aromatic rings. The summed E-state index contributed by atoms with van der Waals surface area (Å²) < 4.78 is 16.3. The van der Waals surface area contributed by atoms with Crippen LogP contribution in [-0.4, -0.2) is 42.0 Å². The quantitative estimate of drug-likeness (QED) is 0.477. The fraction of sp³-hybridized carbons (Fsp3) is 0.227. The van der Waals surface area contributed by atoms with Crippen LogP contribution in [0.4, 0.5) is 0 Å². The van der Waals surface area contributed by atoms with Gasteiger partial charge in [0, 0.05) is 30.3 Å². The number of nitrogens with zero attached hydrogens (tertiary/aromatic N) is 2. The average Bonchev–Trinajstić information content (AvgIpc) is 3.46. The number of carbonyl (C=O) groups is 1. The van der Waals surface area contributed by atoms with E-state index in [4.69, 9.17) is 25.1 Å². The second kappa shape index (κ2) is 8.28. The van der Waals surface area contributed by atoms with Gasteiger partial charge in [-0.15, -0.1) is 0 Å². The lowest BCUT2D eigenvalue weighted by atomic mass is 10.1. The minimum Gasteiger partial charge on any atom is -0.497 e. The standard InChI is InChI=1S/C22H22N4O4/c1-28-15-5-7-16(8-6-15)29-19-12-14(21(23)26-10-2-3-11-26)4-9-17(19)18-13-20(22(24)27)30-25-18/h4-9,12-13,23H,2-3,10-11H2,1H3,(H2,24,27). The maximum Gasteiger partial charge on any atom is 0.287 e. The molecule has 1 aromatic heterocycles. The van der Waals surface area contributed by atoms with E-state index in [0.29, 0.717) is 28.6 Å². The van der Waals surface area contributed by atoms with Gasteiger partial charge in [0.1, 0.15) is 28.8 Å². The number of carbonyl (C=O) groups excluding carboxylic acids is 1. The summed E-state index contributed by atoms with van der Waals surface area (Å²) in [4.78, 5) is 13.4. The highest BCUT2D eigenvalue weighted by molar-refractivity contribution is 5.98. The highest BCUT2D eigenvalue weighted by Gasteiger charge is 2.20. The zero-order valence-corrected chi connectivity index (χ0v) is 16.6.